The molecule has 158 valence electrons. The van der Waals surface area contributed by atoms with Crippen LogP contribution in [-0.4, -0.2) is 34.8 Å². The van der Waals surface area contributed by atoms with Gasteiger partial charge in [0.25, 0.3) is 5.91 Å². The Balaban J connectivity index is 1.60. The molecule has 1 unspecified atom stereocenters. The minimum absolute atomic E-state index is 0.119. The number of rotatable bonds is 5. The van der Waals surface area contributed by atoms with E-state index in [0.717, 1.165) is 42.7 Å². The van der Waals surface area contributed by atoms with E-state index in [1.54, 1.807) is 13.2 Å². The van der Waals surface area contributed by atoms with E-state index in [-0.39, 0.29) is 17.9 Å². The zero-order valence-corrected chi connectivity index (χ0v) is 17.6. The van der Waals surface area contributed by atoms with E-state index in [0.29, 0.717) is 23.8 Å². The highest BCUT2D eigenvalue weighted by Crippen LogP contribution is 2.33. The van der Waals surface area contributed by atoms with E-state index in [1.165, 1.54) is 0 Å². The third kappa shape index (κ3) is 4.10. The van der Waals surface area contributed by atoms with Crippen molar-refractivity contribution in [2.24, 2.45) is 0 Å². The number of likely N-dealkylation sites (tertiary alicyclic amines) is 1. The number of amides is 1. The Labute approximate surface area is 176 Å². The summed E-state index contributed by atoms with van der Waals surface area (Å²) >= 11 is 0. The zero-order valence-electron chi connectivity index (χ0n) is 17.6. The van der Waals surface area contributed by atoms with Crippen molar-refractivity contribution in [3.63, 3.8) is 0 Å². The van der Waals surface area contributed by atoms with Gasteiger partial charge in [0, 0.05) is 30.2 Å². The van der Waals surface area contributed by atoms with Gasteiger partial charge in [-0.25, -0.2) is 0 Å². The molecular formula is C23H27N3O4. The van der Waals surface area contributed by atoms with Crippen LogP contribution in [0.15, 0.2) is 45.4 Å². The van der Waals surface area contributed by atoms with Gasteiger partial charge in [-0.3, -0.25) is 4.79 Å². The second-order valence-corrected chi connectivity index (χ2v) is 7.98. The molecule has 3 aromatic rings. The van der Waals surface area contributed by atoms with Crippen LogP contribution in [0.25, 0.3) is 11.3 Å². The first-order chi connectivity index (χ1) is 14.6. The molecule has 0 N–H and O–H groups in total. The molecular weight excluding hydrogens is 382 g/mol. The molecule has 1 saturated heterocycles. The third-order valence-electron chi connectivity index (χ3n) is 5.57. The summed E-state index contributed by atoms with van der Waals surface area (Å²) in [4.78, 5) is 15.1. The second kappa shape index (κ2) is 8.73. The molecule has 1 aliphatic rings. The first-order valence-corrected chi connectivity index (χ1v) is 10.5. The standard InChI is InChI=1S/C23H27N3O4/c1-15(2)21-14-19(25-29-21)23(27)26-12-6-4-5-7-20(26)18-13-22(30-24-18)16-8-10-17(28-3)11-9-16/h8-11,13-15,20H,4-7,12H2,1-3H3. The van der Waals surface area contributed by atoms with E-state index in [4.69, 9.17) is 13.8 Å². The largest absolute Gasteiger partial charge is 0.497 e. The van der Waals surface area contributed by atoms with Gasteiger partial charge in [0.15, 0.2) is 11.5 Å². The summed E-state index contributed by atoms with van der Waals surface area (Å²) in [6, 6.07) is 11.2. The zero-order chi connectivity index (χ0) is 21.1. The predicted molar refractivity (Wildman–Crippen MR) is 111 cm³/mol. The molecule has 1 atom stereocenters. The summed E-state index contributed by atoms with van der Waals surface area (Å²) in [5.74, 6) is 2.24. The van der Waals surface area contributed by atoms with Crippen molar-refractivity contribution in [2.75, 3.05) is 13.7 Å². The topological polar surface area (TPSA) is 81.6 Å². The molecule has 7 nitrogen and oxygen atoms in total. The van der Waals surface area contributed by atoms with Crippen LogP contribution in [0.5, 0.6) is 5.75 Å². The van der Waals surface area contributed by atoms with Gasteiger partial charge in [0.2, 0.25) is 0 Å². The lowest BCUT2D eigenvalue weighted by Crippen LogP contribution is -2.35. The number of hydrogen-bond acceptors (Lipinski definition) is 6. The van der Waals surface area contributed by atoms with Gasteiger partial charge in [0.1, 0.15) is 17.2 Å². The number of methoxy groups -OCH3 is 1. The Morgan fingerprint density at radius 3 is 2.60 bits per heavy atom. The summed E-state index contributed by atoms with van der Waals surface area (Å²) in [6.45, 7) is 4.69. The van der Waals surface area contributed by atoms with Gasteiger partial charge in [-0.2, -0.15) is 0 Å². The van der Waals surface area contributed by atoms with E-state index < -0.39 is 0 Å². The summed E-state index contributed by atoms with van der Waals surface area (Å²) in [7, 11) is 1.64. The Hall–Kier alpha value is -3.09. The smallest absolute Gasteiger partial charge is 0.276 e. The van der Waals surface area contributed by atoms with Crippen LogP contribution in [0.4, 0.5) is 0 Å². The minimum Gasteiger partial charge on any atom is -0.497 e. The molecule has 1 aromatic carbocycles. The SMILES string of the molecule is COc1ccc(-c2cc(C3CCCCCN3C(=O)c3cc(C(C)C)on3)no2)cc1. The highest BCUT2D eigenvalue weighted by atomic mass is 16.5. The van der Waals surface area contributed by atoms with Crippen LogP contribution >= 0.6 is 0 Å². The molecule has 0 spiro atoms. The number of nitrogens with zero attached hydrogens (tertiary/aromatic N) is 3. The lowest BCUT2D eigenvalue weighted by atomic mass is 10.0. The molecule has 0 aliphatic carbocycles. The van der Waals surface area contributed by atoms with Crippen molar-refractivity contribution in [3.05, 3.63) is 53.5 Å². The summed E-state index contributed by atoms with van der Waals surface area (Å²) in [6.07, 6.45) is 3.92. The number of hydrogen-bond donors (Lipinski definition) is 0. The van der Waals surface area contributed by atoms with E-state index in [1.807, 2.05) is 49.1 Å². The Bertz CT molecular complexity index is 990. The molecule has 3 heterocycles. The third-order valence-corrected chi connectivity index (χ3v) is 5.57. The first-order valence-electron chi connectivity index (χ1n) is 10.5. The van der Waals surface area contributed by atoms with Gasteiger partial charge >= 0.3 is 0 Å². The lowest BCUT2D eigenvalue weighted by Gasteiger charge is -2.27. The van der Waals surface area contributed by atoms with E-state index in [9.17, 15) is 4.79 Å². The molecule has 4 rings (SSSR count). The fraction of sp³-hybridized carbons (Fsp3) is 0.435. The average molecular weight is 409 g/mol. The van der Waals surface area contributed by atoms with Crippen molar-refractivity contribution < 1.29 is 18.6 Å². The van der Waals surface area contributed by atoms with Crippen molar-refractivity contribution >= 4 is 5.91 Å². The van der Waals surface area contributed by atoms with Crippen LogP contribution in [0, 0.1) is 0 Å². The fourth-order valence-corrected chi connectivity index (χ4v) is 3.81. The Morgan fingerprint density at radius 2 is 1.90 bits per heavy atom. The van der Waals surface area contributed by atoms with Gasteiger partial charge < -0.3 is 18.7 Å². The number of aromatic nitrogens is 2. The minimum atomic E-state index is -0.144. The highest BCUT2D eigenvalue weighted by Gasteiger charge is 2.31. The van der Waals surface area contributed by atoms with Crippen LogP contribution in [0.2, 0.25) is 0 Å². The van der Waals surface area contributed by atoms with Gasteiger partial charge in [-0.15, -0.1) is 0 Å². The van der Waals surface area contributed by atoms with Gasteiger partial charge in [-0.05, 0) is 37.1 Å². The molecule has 0 radical (unpaired) electrons. The van der Waals surface area contributed by atoms with E-state index >= 15 is 0 Å². The average Bonchev–Trinajstić information content (AvgIpc) is 3.39. The van der Waals surface area contributed by atoms with Crippen molar-refractivity contribution in [3.8, 4) is 17.1 Å². The maximum absolute atomic E-state index is 13.3. The number of benzene rings is 1. The Kier molecular flexibility index (Phi) is 5.88. The molecule has 7 heteroatoms. The molecule has 30 heavy (non-hydrogen) atoms. The van der Waals surface area contributed by atoms with Gasteiger partial charge in [0.05, 0.1) is 13.2 Å². The number of carbonyl (C=O) groups is 1. The van der Waals surface area contributed by atoms with Crippen molar-refractivity contribution in [1.82, 2.24) is 15.2 Å². The molecule has 1 amide bonds. The number of carbonyl (C=O) groups excluding carboxylic acids is 1. The molecule has 1 fully saturated rings. The fourth-order valence-electron chi connectivity index (χ4n) is 3.81. The Morgan fingerprint density at radius 1 is 1.10 bits per heavy atom. The predicted octanol–water partition coefficient (Wildman–Crippen LogP) is 5.22. The molecule has 2 aromatic heterocycles. The highest BCUT2D eigenvalue weighted by molar-refractivity contribution is 5.92. The quantitative estimate of drug-likeness (QED) is 0.575. The molecule has 0 bridgehead atoms. The van der Waals surface area contributed by atoms with Crippen molar-refractivity contribution in [2.45, 2.75) is 51.5 Å². The lowest BCUT2D eigenvalue weighted by molar-refractivity contribution is 0.0663. The van der Waals surface area contributed by atoms with Gasteiger partial charge in [-0.1, -0.05) is 37.0 Å². The monoisotopic (exact) mass is 409 g/mol. The van der Waals surface area contributed by atoms with Crippen LogP contribution in [0.1, 0.15) is 73.4 Å². The first kappa shape index (κ1) is 20.2. The summed E-state index contributed by atoms with van der Waals surface area (Å²) < 4.78 is 16.2. The molecule has 0 saturated carbocycles. The molecule has 1 aliphatic heterocycles. The van der Waals surface area contributed by atoms with Crippen molar-refractivity contribution in [1.29, 1.82) is 0 Å². The number of ether oxygens (including phenoxy) is 1. The maximum Gasteiger partial charge on any atom is 0.276 e. The van der Waals surface area contributed by atoms with Crippen LogP contribution in [-0.2, 0) is 0 Å². The van der Waals surface area contributed by atoms with Crippen LogP contribution in [0.3, 0.4) is 0 Å². The second-order valence-electron chi connectivity index (χ2n) is 7.98. The maximum atomic E-state index is 13.3. The summed E-state index contributed by atoms with van der Waals surface area (Å²) in [5, 5.41) is 8.33. The van der Waals surface area contributed by atoms with E-state index in [2.05, 4.69) is 10.3 Å². The normalized spacial score (nSPS) is 17.2. The van der Waals surface area contributed by atoms with Crippen LogP contribution < -0.4 is 4.74 Å². The summed E-state index contributed by atoms with van der Waals surface area (Å²) in [5.41, 5.74) is 2.03.